The number of phenolic OH excluding ortho intramolecular Hbond substituents is 2. The molecule has 0 aromatic heterocycles. The zero-order valence-corrected chi connectivity index (χ0v) is 24.7. The van der Waals surface area contributed by atoms with Gasteiger partial charge in [0.2, 0.25) is 0 Å². The molecule has 2 aromatic carbocycles. The van der Waals surface area contributed by atoms with Crippen molar-refractivity contribution < 1.29 is 48.3 Å². The van der Waals surface area contributed by atoms with Gasteiger partial charge in [0.1, 0.15) is 29.6 Å². The van der Waals surface area contributed by atoms with Gasteiger partial charge in [0.25, 0.3) is 0 Å². The molecule has 0 spiro atoms. The molecular formula is C33H44O10. The number of rotatable bonds is 21. The first kappa shape index (κ1) is 36.6. The summed E-state index contributed by atoms with van der Waals surface area (Å²) in [7, 11) is 0. The molecule has 0 bridgehead atoms. The number of benzene rings is 2. The molecule has 0 amide bonds. The van der Waals surface area contributed by atoms with Crippen molar-refractivity contribution in [3.05, 3.63) is 73.8 Å². The molecule has 2 rings (SSSR count). The van der Waals surface area contributed by atoms with Crippen LogP contribution in [0.1, 0.15) is 57.8 Å². The number of aromatic hydroxyl groups is 2. The van der Waals surface area contributed by atoms with E-state index in [1.54, 1.807) is 48.5 Å². The summed E-state index contributed by atoms with van der Waals surface area (Å²) in [5.74, 6) is 0.671. The van der Waals surface area contributed by atoms with E-state index in [1.807, 2.05) is 0 Å². The Balaban J connectivity index is 0.000000442. The average molecular weight is 601 g/mol. The van der Waals surface area contributed by atoms with Crippen molar-refractivity contribution in [3.63, 3.8) is 0 Å². The fourth-order valence-corrected chi connectivity index (χ4v) is 3.36. The van der Waals surface area contributed by atoms with Crippen molar-refractivity contribution in [2.24, 2.45) is 0 Å². The van der Waals surface area contributed by atoms with Crippen LogP contribution in [-0.2, 0) is 28.6 Å². The second kappa shape index (κ2) is 24.2. The number of hydrogen-bond acceptors (Lipinski definition) is 10. The van der Waals surface area contributed by atoms with Crippen LogP contribution in [0.25, 0.3) is 0 Å². The standard InChI is InChI=1S/C18H24O6.C15H20O4/c1-2-17(20)24-14-11-18(21)23-13-6-4-3-5-12-22-16-9-7-15(19)8-10-16;1-2-15(17)19-12-6-4-3-5-11-18-14-9-7-13(16)8-10-14/h2,7-10,19H,1,3-6,11-14H2;2,7-10,16H,1,3-6,11-12H2. The van der Waals surface area contributed by atoms with E-state index in [-0.39, 0.29) is 36.5 Å². The maximum atomic E-state index is 11.4. The van der Waals surface area contributed by atoms with Gasteiger partial charge in [0, 0.05) is 12.2 Å². The van der Waals surface area contributed by atoms with Gasteiger partial charge in [-0.3, -0.25) is 4.79 Å². The molecule has 0 heterocycles. The van der Waals surface area contributed by atoms with Crippen LogP contribution < -0.4 is 9.47 Å². The minimum absolute atomic E-state index is 0.0122. The highest BCUT2D eigenvalue weighted by Gasteiger charge is 2.04. The number of carbonyl (C=O) groups is 3. The number of esters is 3. The Morgan fingerprint density at radius 2 is 0.907 bits per heavy atom. The van der Waals surface area contributed by atoms with E-state index in [0.29, 0.717) is 26.4 Å². The van der Waals surface area contributed by atoms with E-state index < -0.39 is 5.97 Å². The van der Waals surface area contributed by atoms with Gasteiger partial charge in [-0.25, -0.2) is 9.59 Å². The van der Waals surface area contributed by atoms with Gasteiger partial charge in [0.15, 0.2) is 0 Å². The van der Waals surface area contributed by atoms with Crippen molar-refractivity contribution in [1.82, 2.24) is 0 Å². The quantitative estimate of drug-likeness (QED) is 0.0753. The SMILES string of the molecule is C=CC(=O)OCCC(=O)OCCCCCCOc1ccc(O)cc1.C=CC(=O)OCCCCCCOc1ccc(O)cc1. The van der Waals surface area contributed by atoms with E-state index in [0.717, 1.165) is 68.9 Å². The average Bonchev–Trinajstić information content (AvgIpc) is 3.01. The number of hydrogen-bond donors (Lipinski definition) is 2. The molecule has 0 atom stereocenters. The normalized spacial score (nSPS) is 9.95. The number of phenols is 2. The van der Waals surface area contributed by atoms with E-state index in [9.17, 15) is 14.4 Å². The van der Waals surface area contributed by atoms with Crippen molar-refractivity contribution >= 4 is 17.9 Å². The topological polar surface area (TPSA) is 138 Å². The summed E-state index contributed by atoms with van der Waals surface area (Å²) in [6.07, 6.45) is 9.75. The molecule has 0 aliphatic carbocycles. The zero-order valence-electron chi connectivity index (χ0n) is 24.7. The lowest BCUT2D eigenvalue weighted by Gasteiger charge is -2.07. The maximum Gasteiger partial charge on any atom is 0.330 e. The Bertz CT molecular complexity index is 1060. The van der Waals surface area contributed by atoms with Gasteiger partial charge in [-0.2, -0.15) is 0 Å². The fourth-order valence-electron chi connectivity index (χ4n) is 3.36. The summed E-state index contributed by atoms with van der Waals surface area (Å²) in [5.41, 5.74) is 0. The highest BCUT2D eigenvalue weighted by atomic mass is 16.5. The number of unbranched alkanes of at least 4 members (excludes halogenated alkanes) is 6. The van der Waals surface area contributed by atoms with Crippen LogP contribution in [-0.4, -0.2) is 61.2 Å². The Labute approximate surface area is 253 Å². The Hall–Kier alpha value is -4.47. The molecule has 0 saturated carbocycles. The maximum absolute atomic E-state index is 11.4. The van der Waals surface area contributed by atoms with Crippen LogP contribution >= 0.6 is 0 Å². The minimum atomic E-state index is -0.544. The molecule has 43 heavy (non-hydrogen) atoms. The lowest BCUT2D eigenvalue weighted by atomic mass is 10.2. The van der Waals surface area contributed by atoms with E-state index in [4.69, 9.17) is 33.9 Å². The van der Waals surface area contributed by atoms with Crippen molar-refractivity contribution in [2.45, 2.75) is 57.8 Å². The van der Waals surface area contributed by atoms with Gasteiger partial charge >= 0.3 is 17.9 Å². The van der Waals surface area contributed by atoms with Gasteiger partial charge in [-0.1, -0.05) is 13.2 Å². The Morgan fingerprint density at radius 3 is 1.33 bits per heavy atom. The number of ether oxygens (including phenoxy) is 5. The molecule has 0 radical (unpaired) electrons. The molecule has 10 heteroatoms. The summed E-state index contributed by atoms with van der Waals surface area (Å²) in [5, 5.41) is 18.3. The third kappa shape index (κ3) is 21.0. The van der Waals surface area contributed by atoms with Crippen molar-refractivity contribution in [1.29, 1.82) is 0 Å². The molecule has 0 unspecified atom stereocenters. The third-order valence-corrected chi connectivity index (χ3v) is 5.68. The van der Waals surface area contributed by atoms with Crippen LogP contribution in [0, 0.1) is 0 Å². The zero-order chi connectivity index (χ0) is 31.5. The molecule has 0 aliphatic rings. The second-order valence-corrected chi connectivity index (χ2v) is 9.23. The van der Waals surface area contributed by atoms with Crippen LogP contribution in [0.2, 0.25) is 0 Å². The van der Waals surface area contributed by atoms with Crippen LogP contribution in [0.5, 0.6) is 23.0 Å². The minimum Gasteiger partial charge on any atom is -0.508 e. The highest BCUT2D eigenvalue weighted by Crippen LogP contribution is 2.17. The molecular weight excluding hydrogens is 556 g/mol. The summed E-state index contributed by atoms with van der Waals surface area (Å²) < 4.78 is 25.6. The molecule has 0 fully saturated rings. The van der Waals surface area contributed by atoms with E-state index in [1.165, 1.54) is 6.08 Å². The summed E-state index contributed by atoms with van der Waals surface area (Å²) in [6, 6.07) is 13.3. The Morgan fingerprint density at radius 1 is 0.535 bits per heavy atom. The van der Waals surface area contributed by atoms with Gasteiger partial charge < -0.3 is 33.9 Å². The predicted molar refractivity (Wildman–Crippen MR) is 162 cm³/mol. The van der Waals surface area contributed by atoms with Gasteiger partial charge in [0.05, 0.1) is 32.8 Å². The fraction of sp³-hybridized carbons (Fsp3) is 0.424. The number of carbonyl (C=O) groups excluding carboxylic acids is 3. The van der Waals surface area contributed by atoms with Gasteiger partial charge in [-0.05, 0) is 99.9 Å². The molecule has 10 nitrogen and oxygen atoms in total. The van der Waals surface area contributed by atoms with Crippen molar-refractivity contribution in [3.8, 4) is 23.0 Å². The van der Waals surface area contributed by atoms with E-state index >= 15 is 0 Å². The smallest absolute Gasteiger partial charge is 0.330 e. The third-order valence-electron chi connectivity index (χ3n) is 5.68. The van der Waals surface area contributed by atoms with Crippen LogP contribution in [0.15, 0.2) is 73.8 Å². The van der Waals surface area contributed by atoms with E-state index in [2.05, 4.69) is 13.2 Å². The van der Waals surface area contributed by atoms with Crippen LogP contribution in [0.3, 0.4) is 0 Å². The van der Waals surface area contributed by atoms with Gasteiger partial charge in [-0.15, -0.1) is 0 Å². The van der Waals surface area contributed by atoms with Crippen LogP contribution in [0.4, 0.5) is 0 Å². The summed E-state index contributed by atoms with van der Waals surface area (Å²) in [4.78, 5) is 32.9. The lowest BCUT2D eigenvalue weighted by molar-refractivity contribution is -0.147. The largest absolute Gasteiger partial charge is 0.508 e. The first-order valence-corrected chi connectivity index (χ1v) is 14.4. The summed E-state index contributed by atoms with van der Waals surface area (Å²) in [6.45, 7) is 8.68. The molecule has 2 N–H and O–H groups in total. The lowest BCUT2D eigenvalue weighted by Crippen LogP contribution is -2.11. The molecule has 2 aromatic rings. The molecule has 0 saturated heterocycles. The highest BCUT2D eigenvalue weighted by molar-refractivity contribution is 5.81. The van der Waals surface area contributed by atoms with Crippen molar-refractivity contribution in [2.75, 3.05) is 33.0 Å². The monoisotopic (exact) mass is 600 g/mol. The second-order valence-electron chi connectivity index (χ2n) is 9.23. The predicted octanol–water partition coefficient (Wildman–Crippen LogP) is 6.05. The first-order valence-electron chi connectivity index (χ1n) is 14.4. The summed E-state index contributed by atoms with van der Waals surface area (Å²) >= 11 is 0. The molecule has 236 valence electrons. The Kier molecular flexibility index (Phi) is 20.5. The first-order chi connectivity index (χ1) is 20.8. The molecule has 0 aliphatic heterocycles.